The number of hydrazone groups is 1. The molecule has 0 bridgehead atoms. The van der Waals surface area contributed by atoms with Crippen LogP contribution in [0, 0.1) is 0 Å². The van der Waals surface area contributed by atoms with Crippen LogP contribution >= 0.6 is 0 Å². The molecule has 0 aromatic heterocycles. The molecule has 2 heterocycles. The molecule has 0 fully saturated rings. The van der Waals surface area contributed by atoms with Crippen LogP contribution in [0.3, 0.4) is 0 Å². The van der Waals surface area contributed by atoms with E-state index in [1.807, 2.05) is 12.2 Å². The number of imide groups is 1. The Bertz CT molecular complexity index is 756. The van der Waals surface area contributed by atoms with Crippen molar-refractivity contribution in [1.29, 1.82) is 0 Å². The second kappa shape index (κ2) is 4.56. The first-order valence-electron chi connectivity index (χ1n) is 7.10. The van der Waals surface area contributed by atoms with Gasteiger partial charge in [-0.25, -0.2) is 0 Å². The number of allylic oxidation sites excluding steroid dienone is 1. The number of amides is 2. The second-order valence-electron chi connectivity index (χ2n) is 5.52. The van der Waals surface area contributed by atoms with Crippen molar-refractivity contribution in [1.82, 2.24) is 10.3 Å². The average molecular weight is 294 g/mol. The Morgan fingerprint density at radius 3 is 2.59 bits per heavy atom. The average Bonchev–Trinajstić information content (AvgIpc) is 3.03. The van der Waals surface area contributed by atoms with Gasteiger partial charge < -0.3 is 11.2 Å². The minimum absolute atomic E-state index is 0.0810. The number of carbonyl (C=O) groups excluding carboxylic acids is 2. The van der Waals surface area contributed by atoms with Crippen LogP contribution in [0.4, 0.5) is 0 Å². The summed E-state index contributed by atoms with van der Waals surface area (Å²) in [6.45, 7) is 0.162. The predicted octanol–water partition coefficient (Wildman–Crippen LogP) is 0.783. The van der Waals surface area contributed by atoms with Gasteiger partial charge in [0.15, 0.2) is 0 Å². The van der Waals surface area contributed by atoms with Crippen molar-refractivity contribution < 1.29 is 9.59 Å². The molecule has 6 nitrogen and oxygen atoms in total. The molecule has 1 unspecified atom stereocenters. The van der Waals surface area contributed by atoms with Gasteiger partial charge in [0.25, 0.3) is 11.8 Å². The Morgan fingerprint density at radius 1 is 1.23 bits per heavy atom. The number of benzene rings is 1. The second-order valence-corrected chi connectivity index (χ2v) is 5.52. The van der Waals surface area contributed by atoms with Crippen LogP contribution in [0.1, 0.15) is 27.1 Å². The largest absolute Gasteiger partial charge is 0.399 e. The monoisotopic (exact) mass is 294 g/mol. The molecular weight excluding hydrogens is 280 g/mol. The summed E-state index contributed by atoms with van der Waals surface area (Å²) in [5.41, 5.74) is 12.1. The molecule has 6 heteroatoms. The first-order valence-corrected chi connectivity index (χ1v) is 7.10. The molecule has 2 amide bonds. The van der Waals surface area contributed by atoms with Crippen molar-refractivity contribution in [3.8, 4) is 0 Å². The number of nitrogens with zero attached hydrogens (tertiary/aromatic N) is 2. The number of rotatable bonds is 2. The van der Waals surface area contributed by atoms with Crippen LogP contribution in [0.25, 0.3) is 0 Å². The first kappa shape index (κ1) is 12.8. The van der Waals surface area contributed by atoms with Crippen LogP contribution in [0.15, 0.2) is 52.8 Å². The third-order valence-electron chi connectivity index (χ3n) is 4.16. The minimum Gasteiger partial charge on any atom is -0.399 e. The molecule has 3 N–H and O–H groups in total. The molecule has 3 aliphatic rings. The quantitative estimate of drug-likeness (QED) is 0.789. The molecular formula is C16H14N4O2. The van der Waals surface area contributed by atoms with Crippen molar-refractivity contribution in [2.24, 2.45) is 10.8 Å². The van der Waals surface area contributed by atoms with Crippen molar-refractivity contribution in [3.63, 3.8) is 0 Å². The molecule has 1 aromatic carbocycles. The molecule has 22 heavy (non-hydrogen) atoms. The lowest BCUT2D eigenvalue weighted by Crippen LogP contribution is -2.36. The molecule has 110 valence electrons. The summed E-state index contributed by atoms with van der Waals surface area (Å²) in [6, 6.07) is 6.94. The molecule has 0 spiro atoms. The molecule has 1 atom stereocenters. The van der Waals surface area contributed by atoms with E-state index in [4.69, 9.17) is 5.73 Å². The summed E-state index contributed by atoms with van der Waals surface area (Å²) in [5.74, 6) is -0.543. The standard InChI is InChI=1S/C16H14N4O2/c17-9-5-6-13-12(7-9)14(19-18-13)8-20-15(21)10-3-1-2-4-11(10)16(20)22/h1-5,7,13,18H,6,8,17H2. The maximum absolute atomic E-state index is 12.4. The van der Waals surface area contributed by atoms with Gasteiger partial charge in [0.1, 0.15) is 0 Å². The van der Waals surface area contributed by atoms with Crippen LogP contribution in [0.5, 0.6) is 0 Å². The van der Waals surface area contributed by atoms with E-state index >= 15 is 0 Å². The number of carbonyl (C=O) groups is 2. The summed E-state index contributed by atoms with van der Waals surface area (Å²) < 4.78 is 0. The Morgan fingerprint density at radius 2 is 1.91 bits per heavy atom. The highest BCUT2D eigenvalue weighted by Gasteiger charge is 2.38. The van der Waals surface area contributed by atoms with Gasteiger partial charge in [-0.05, 0) is 24.6 Å². The lowest BCUT2D eigenvalue weighted by atomic mass is 9.95. The topological polar surface area (TPSA) is 87.8 Å². The van der Waals surface area contributed by atoms with Gasteiger partial charge in [-0.3, -0.25) is 14.5 Å². The van der Waals surface area contributed by atoms with Crippen molar-refractivity contribution in [2.45, 2.75) is 12.5 Å². The number of nitrogens with two attached hydrogens (primary N) is 1. The lowest BCUT2D eigenvalue weighted by Gasteiger charge is -2.18. The zero-order valence-electron chi connectivity index (χ0n) is 11.7. The maximum atomic E-state index is 12.4. The normalized spacial score (nSPS) is 22.6. The summed E-state index contributed by atoms with van der Waals surface area (Å²) in [7, 11) is 0. The number of fused-ring (bicyclic) bond motifs is 2. The van der Waals surface area contributed by atoms with Gasteiger partial charge in [-0.2, -0.15) is 5.10 Å². The van der Waals surface area contributed by atoms with Gasteiger partial charge >= 0.3 is 0 Å². The maximum Gasteiger partial charge on any atom is 0.261 e. The smallest absolute Gasteiger partial charge is 0.261 e. The molecule has 0 saturated carbocycles. The highest BCUT2D eigenvalue weighted by molar-refractivity contribution is 6.23. The Labute approximate surface area is 127 Å². The summed E-state index contributed by atoms with van der Waals surface area (Å²) >= 11 is 0. The van der Waals surface area contributed by atoms with Crippen molar-refractivity contribution in [3.05, 3.63) is 58.8 Å². The minimum atomic E-state index is -0.272. The van der Waals surface area contributed by atoms with E-state index in [9.17, 15) is 9.59 Å². The van der Waals surface area contributed by atoms with Crippen LogP contribution in [-0.4, -0.2) is 35.0 Å². The van der Waals surface area contributed by atoms with Gasteiger partial charge in [0.05, 0.1) is 29.4 Å². The summed E-state index contributed by atoms with van der Waals surface area (Å²) in [6.07, 6.45) is 4.54. The number of hydrogen-bond donors (Lipinski definition) is 2. The van der Waals surface area contributed by atoms with E-state index in [0.29, 0.717) is 22.5 Å². The highest BCUT2D eigenvalue weighted by atomic mass is 16.2. The Hall–Kier alpha value is -2.89. The Kier molecular flexibility index (Phi) is 2.66. The number of nitrogens with one attached hydrogen (secondary N) is 1. The van der Waals surface area contributed by atoms with Gasteiger partial charge in [0, 0.05) is 11.3 Å². The van der Waals surface area contributed by atoms with Crippen molar-refractivity contribution >= 4 is 17.5 Å². The van der Waals surface area contributed by atoms with Gasteiger partial charge in [-0.15, -0.1) is 0 Å². The Balaban J connectivity index is 1.62. The zero-order valence-corrected chi connectivity index (χ0v) is 11.7. The van der Waals surface area contributed by atoms with E-state index in [0.717, 1.165) is 12.0 Å². The molecule has 1 aliphatic carbocycles. The first-order chi connectivity index (χ1) is 10.6. The van der Waals surface area contributed by atoms with Gasteiger partial charge in [-0.1, -0.05) is 18.2 Å². The fraction of sp³-hybridized carbons (Fsp3) is 0.188. The molecule has 4 rings (SSSR count). The molecule has 0 saturated heterocycles. The predicted molar refractivity (Wildman–Crippen MR) is 81.1 cm³/mol. The summed E-state index contributed by atoms with van der Waals surface area (Å²) in [4.78, 5) is 26.0. The van der Waals surface area contributed by atoms with E-state index in [1.165, 1.54) is 4.90 Å². The van der Waals surface area contributed by atoms with E-state index in [1.54, 1.807) is 24.3 Å². The third-order valence-corrected chi connectivity index (χ3v) is 4.16. The van der Waals surface area contributed by atoms with E-state index in [2.05, 4.69) is 10.5 Å². The third kappa shape index (κ3) is 1.77. The van der Waals surface area contributed by atoms with Crippen molar-refractivity contribution in [2.75, 3.05) is 6.54 Å². The molecule has 1 aromatic rings. The highest BCUT2D eigenvalue weighted by Crippen LogP contribution is 2.26. The molecule has 2 aliphatic heterocycles. The fourth-order valence-electron chi connectivity index (χ4n) is 3.01. The van der Waals surface area contributed by atoms with Crippen LogP contribution in [-0.2, 0) is 0 Å². The SMILES string of the molecule is NC1=CCC2NN=C(CN3C(=O)c4ccccc4C3=O)C2=C1. The number of hydrogen-bond acceptors (Lipinski definition) is 5. The lowest BCUT2D eigenvalue weighted by molar-refractivity contribution is 0.0677. The fourth-order valence-corrected chi connectivity index (χ4v) is 3.01. The van der Waals surface area contributed by atoms with E-state index < -0.39 is 0 Å². The molecule has 0 radical (unpaired) electrons. The summed E-state index contributed by atoms with van der Waals surface area (Å²) in [5, 5.41) is 4.27. The van der Waals surface area contributed by atoms with Gasteiger partial charge in [0.2, 0.25) is 0 Å². The zero-order chi connectivity index (χ0) is 15.3. The van der Waals surface area contributed by atoms with E-state index in [-0.39, 0.29) is 24.4 Å². The van der Waals surface area contributed by atoms with Crippen LogP contribution < -0.4 is 11.2 Å². The van der Waals surface area contributed by atoms with Crippen LogP contribution in [0.2, 0.25) is 0 Å².